The van der Waals surface area contributed by atoms with Crippen molar-refractivity contribution in [3.8, 4) is 5.75 Å². The fourth-order valence-corrected chi connectivity index (χ4v) is 3.40. The Bertz CT molecular complexity index is 1000. The second-order valence-electron chi connectivity index (χ2n) is 7.29. The smallest absolute Gasteiger partial charge is 0.198 e. The lowest BCUT2D eigenvalue weighted by Crippen LogP contribution is -2.36. The van der Waals surface area contributed by atoms with Gasteiger partial charge in [-0.25, -0.2) is 14.5 Å². The molecule has 26 heavy (non-hydrogen) atoms. The van der Waals surface area contributed by atoms with Crippen LogP contribution in [-0.2, 0) is 0 Å². The van der Waals surface area contributed by atoms with Crippen LogP contribution in [0.5, 0.6) is 5.75 Å². The van der Waals surface area contributed by atoms with E-state index in [1.54, 1.807) is 0 Å². The highest BCUT2D eigenvalue weighted by Crippen LogP contribution is 2.35. The fourth-order valence-electron chi connectivity index (χ4n) is 3.40. The van der Waals surface area contributed by atoms with Crippen molar-refractivity contribution in [3.05, 3.63) is 59.0 Å². The van der Waals surface area contributed by atoms with Gasteiger partial charge in [0.1, 0.15) is 17.2 Å². The van der Waals surface area contributed by atoms with Crippen molar-refractivity contribution in [1.29, 1.82) is 0 Å². The first-order chi connectivity index (χ1) is 12.5. The molecule has 1 atom stereocenters. The number of aromatic nitrogens is 3. The van der Waals surface area contributed by atoms with Crippen LogP contribution in [0.2, 0.25) is 0 Å². The monoisotopic (exact) mass is 348 g/mol. The summed E-state index contributed by atoms with van der Waals surface area (Å²) in [5.74, 6) is 0.885. The van der Waals surface area contributed by atoms with Crippen LogP contribution < -0.4 is 4.74 Å². The Kier molecular flexibility index (Phi) is 4.02. The van der Waals surface area contributed by atoms with Gasteiger partial charge in [0.05, 0.1) is 12.4 Å². The Balaban J connectivity index is 1.90. The largest absolute Gasteiger partial charge is 0.466 e. The van der Waals surface area contributed by atoms with Crippen molar-refractivity contribution in [2.45, 2.75) is 52.7 Å². The molecule has 0 bridgehead atoms. The number of nitrogens with zero attached hydrogens (tertiary/aromatic N) is 4. The molecule has 134 valence electrons. The number of unbranched alkanes of at least 4 members (excludes halogenated alkanes) is 1. The number of ether oxygens (including phenoxy) is 1. The average Bonchev–Trinajstić information content (AvgIpc) is 3.01. The van der Waals surface area contributed by atoms with Crippen molar-refractivity contribution in [2.75, 3.05) is 0 Å². The van der Waals surface area contributed by atoms with Gasteiger partial charge in [-0.3, -0.25) is 0 Å². The highest BCUT2D eigenvalue weighted by atomic mass is 16.5. The van der Waals surface area contributed by atoms with E-state index >= 15 is 0 Å². The third kappa shape index (κ3) is 2.87. The molecule has 1 unspecified atom stereocenters. The summed E-state index contributed by atoms with van der Waals surface area (Å²) in [5, 5.41) is 4.55. The van der Waals surface area contributed by atoms with E-state index in [1.165, 1.54) is 5.56 Å². The number of aryl methyl sites for hydroxylation is 2. The molecule has 0 spiro atoms. The van der Waals surface area contributed by atoms with Crippen molar-refractivity contribution >= 4 is 11.4 Å². The normalized spacial score (nSPS) is 19.2. The lowest BCUT2D eigenvalue weighted by Gasteiger charge is -2.33. The van der Waals surface area contributed by atoms with Crippen LogP contribution in [0.25, 0.3) is 5.65 Å². The second kappa shape index (κ2) is 6.24. The lowest BCUT2D eigenvalue weighted by molar-refractivity contribution is 0.0821. The van der Waals surface area contributed by atoms with Crippen LogP contribution in [0.4, 0.5) is 0 Å². The van der Waals surface area contributed by atoms with E-state index in [0.29, 0.717) is 0 Å². The zero-order chi connectivity index (χ0) is 18.3. The molecule has 5 nitrogen and oxygen atoms in total. The molecule has 0 fully saturated rings. The Morgan fingerprint density at radius 1 is 1.12 bits per heavy atom. The molecular formula is C21H24N4O. The minimum absolute atomic E-state index is 0.568. The number of fused-ring (bicyclic) bond motifs is 2. The molecule has 0 saturated carbocycles. The summed E-state index contributed by atoms with van der Waals surface area (Å²) in [4.78, 5) is 9.56. The topological polar surface area (TPSA) is 51.8 Å². The molecule has 3 aromatic rings. The average molecular weight is 348 g/mol. The van der Waals surface area contributed by atoms with Crippen LogP contribution in [0.15, 0.2) is 41.7 Å². The summed E-state index contributed by atoms with van der Waals surface area (Å²) >= 11 is 0. The number of hydrogen-bond acceptors (Lipinski definition) is 4. The molecule has 1 aliphatic rings. The van der Waals surface area contributed by atoms with E-state index in [4.69, 9.17) is 9.73 Å². The first-order valence-corrected chi connectivity index (χ1v) is 9.20. The molecule has 5 heteroatoms. The van der Waals surface area contributed by atoms with Crippen molar-refractivity contribution in [1.82, 2.24) is 14.6 Å². The van der Waals surface area contributed by atoms with Gasteiger partial charge in [-0.15, -0.1) is 0 Å². The maximum Gasteiger partial charge on any atom is 0.198 e. The maximum atomic E-state index is 6.32. The Morgan fingerprint density at radius 3 is 2.77 bits per heavy atom. The molecule has 2 aromatic heterocycles. The van der Waals surface area contributed by atoms with E-state index in [2.05, 4.69) is 49.1 Å². The third-order valence-electron chi connectivity index (χ3n) is 4.81. The summed E-state index contributed by atoms with van der Waals surface area (Å²) in [5.41, 5.74) is 5.32. The van der Waals surface area contributed by atoms with Gasteiger partial charge < -0.3 is 4.74 Å². The van der Waals surface area contributed by atoms with Gasteiger partial charge in [-0.2, -0.15) is 5.10 Å². The predicted molar refractivity (Wildman–Crippen MR) is 103 cm³/mol. The van der Waals surface area contributed by atoms with Crippen molar-refractivity contribution in [3.63, 3.8) is 0 Å². The minimum atomic E-state index is -0.568. The number of hydrogen-bond donors (Lipinski definition) is 0. The van der Waals surface area contributed by atoms with Gasteiger partial charge in [0.2, 0.25) is 0 Å². The summed E-state index contributed by atoms with van der Waals surface area (Å²) in [6.07, 6.45) is 6.77. The third-order valence-corrected chi connectivity index (χ3v) is 4.81. The molecule has 0 saturated heterocycles. The van der Waals surface area contributed by atoms with Crippen LogP contribution in [0, 0.1) is 13.8 Å². The van der Waals surface area contributed by atoms with Gasteiger partial charge in [0.25, 0.3) is 0 Å². The summed E-state index contributed by atoms with van der Waals surface area (Å²) in [7, 11) is 0. The van der Waals surface area contributed by atoms with Gasteiger partial charge in [0.15, 0.2) is 11.4 Å². The highest BCUT2D eigenvalue weighted by Gasteiger charge is 2.33. The molecule has 0 radical (unpaired) electrons. The predicted octanol–water partition coefficient (Wildman–Crippen LogP) is 4.48. The minimum Gasteiger partial charge on any atom is -0.466 e. The molecule has 1 aromatic carbocycles. The molecule has 0 aliphatic carbocycles. The zero-order valence-electron chi connectivity index (χ0n) is 15.8. The van der Waals surface area contributed by atoms with Gasteiger partial charge >= 0.3 is 0 Å². The van der Waals surface area contributed by atoms with E-state index in [1.807, 2.05) is 29.9 Å². The second-order valence-corrected chi connectivity index (χ2v) is 7.29. The van der Waals surface area contributed by atoms with Crippen LogP contribution in [0.3, 0.4) is 0 Å². The Labute approximate surface area is 153 Å². The number of benzene rings is 1. The quantitative estimate of drug-likeness (QED) is 0.698. The van der Waals surface area contributed by atoms with Gasteiger partial charge in [-0.05, 0) is 56.5 Å². The highest BCUT2D eigenvalue weighted by molar-refractivity contribution is 6.14. The Morgan fingerprint density at radius 2 is 1.96 bits per heavy atom. The van der Waals surface area contributed by atoms with Gasteiger partial charge in [-0.1, -0.05) is 19.4 Å². The Hall–Kier alpha value is -2.69. The standard InChI is InChI=1S/C21H24N4O/c1-5-6-9-21(4)24-20(16-8-7-14(2)10-18(16)26-21)17-13-22-19-11-15(3)12-23-25(17)19/h7-8,10-13H,5-6,9H2,1-4H3. The molecule has 0 amide bonds. The maximum absolute atomic E-state index is 6.32. The van der Waals surface area contributed by atoms with Gasteiger partial charge in [0, 0.05) is 12.0 Å². The number of aliphatic imine (C=N–C) groups is 1. The molecule has 1 aliphatic heterocycles. The summed E-state index contributed by atoms with van der Waals surface area (Å²) in [6.45, 7) is 8.35. The molecule has 4 rings (SSSR count). The number of rotatable bonds is 4. The molecule has 0 N–H and O–H groups in total. The molecular weight excluding hydrogens is 324 g/mol. The lowest BCUT2D eigenvalue weighted by atomic mass is 9.99. The number of imidazole rings is 1. The van der Waals surface area contributed by atoms with E-state index in [9.17, 15) is 0 Å². The van der Waals surface area contributed by atoms with Crippen LogP contribution in [0.1, 0.15) is 55.5 Å². The van der Waals surface area contributed by atoms with Crippen molar-refractivity contribution < 1.29 is 4.74 Å². The van der Waals surface area contributed by atoms with E-state index < -0.39 is 5.72 Å². The summed E-state index contributed by atoms with van der Waals surface area (Å²) < 4.78 is 8.19. The first-order valence-electron chi connectivity index (χ1n) is 9.20. The SMILES string of the molecule is CCCCC1(C)N=C(c2cnc3cc(C)cnn23)c2ccc(C)cc2O1. The van der Waals surface area contributed by atoms with Crippen LogP contribution in [-0.4, -0.2) is 26.0 Å². The summed E-state index contributed by atoms with van der Waals surface area (Å²) in [6, 6.07) is 8.29. The molecule has 3 heterocycles. The fraction of sp³-hybridized carbons (Fsp3) is 0.381. The first kappa shape index (κ1) is 16.8. The van der Waals surface area contributed by atoms with Crippen LogP contribution >= 0.6 is 0 Å². The zero-order valence-corrected chi connectivity index (χ0v) is 15.8. The van der Waals surface area contributed by atoms with E-state index in [0.717, 1.165) is 53.2 Å². The van der Waals surface area contributed by atoms with Crippen molar-refractivity contribution in [2.24, 2.45) is 4.99 Å². The van der Waals surface area contributed by atoms with E-state index in [-0.39, 0.29) is 0 Å².